The van der Waals surface area contributed by atoms with E-state index < -0.39 is 17.7 Å². The number of hydrogen-bond donors (Lipinski definition) is 0. The smallest absolute Gasteiger partial charge is 0.416 e. The molecule has 0 amide bonds. The van der Waals surface area contributed by atoms with Gasteiger partial charge < -0.3 is 4.74 Å². The van der Waals surface area contributed by atoms with Crippen molar-refractivity contribution in [1.29, 1.82) is 0 Å². The van der Waals surface area contributed by atoms with Crippen LogP contribution in [0.4, 0.5) is 13.2 Å². The van der Waals surface area contributed by atoms with Crippen LogP contribution in [-0.4, -0.2) is 18.9 Å². The van der Waals surface area contributed by atoms with Gasteiger partial charge in [-0.25, -0.2) is 0 Å². The molecule has 0 fully saturated rings. The summed E-state index contributed by atoms with van der Waals surface area (Å²) in [6, 6.07) is 4.02. The molecule has 0 aliphatic heterocycles. The molecule has 0 saturated carbocycles. The van der Waals surface area contributed by atoms with Crippen molar-refractivity contribution in [3.63, 3.8) is 0 Å². The molecular formula is C13H13F3O3. The van der Waals surface area contributed by atoms with Gasteiger partial charge in [0, 0.05) is 18.4 Å². The fourth-order valence-electron chi connectivity index (χ4n) is 1.48. The number of ketones is 1. The minimum atomic E-state index is -4.41. The Balaban J connectivity index is 2.56. The van der Waals surface area contributed by atoms with Crippen molar-refractivity contribution in [2.45, 2.75) is 25.4 Å². The van der Waals surface area contributed by atoms with E-state index in [4.69, 9.17) is 0 Å². The Labute approximate surface area is 108 Å². The summed E-state index contributed by atoms with van der Waals surface area (Å²) in [5.41, 5.74) is -0.587. The highest BCUT2D eigenvalue weighted by atomic mass is 19.4. The first-order chi connectivity index (χ1) is 8.84. The van der Waals surface area contributed by atoms with Crippen LogP contribution >= 0.6 is 0 Å². The van der Waals surface area contributed by atoms with Crippen LogP contribution in [0.5, 0.6) is 0 Å². The van der Waals surface area contributed by atoms with Gasteiger partial charge in [0.2, 0.25) is 0 Å². The minimum Gasteiger partial charge on any atom is -0.469 e. The van der Waals surface area contributed by atoms with Crippen molar-refractivity contribution >= 4 is 11.8 Å². The van der Waals surface area contributed by atoms with Gasteiger partial charge >= 0.3 is 12.1 Å². The lowest BCUT2D eigenvalue weighted by molar-refractivity contribution is -0.140. The molecule has 104 valence electrons. The number of carbonyl (C=O) groups is 2. The molecule has 19 heavy (non-hydrogen) atoms. The monoisotopic (exact) mass is 274 g/mol. The largest absolute Gasteiger partial charge is 0.469 e. The lowest BCUT2D eigenvalue weighted by Gasteiger charge is -2.07. The molecular weight excluding hydrogens is 261 g/mol. The molecule has 0 atom stereocenters. The summed E-state index contributed by atoms with van der Waals surface area (Å²) in [7, 11) is 1.25. The van der Waals surface area contributed by atoms with Gasteiger partial charge in [0.05, 0.1) is 12.7 Å². The van der Waals surface area contributed by atoms with Crippen molar-refractivity contribution in [2.75, 3.05) is 7.11 Å². The first-order valence-corrected chi connectivity index (χ1v) is 5.62. The molecule has 6 heteroatoms. The van der Waals surface area contributed by atoms with Crippen LogP contribution in [0.15, 0.2) is 24.3 Å². The summed E-state index contributed by atoms with van der Waals surface area (Å²) in [4.78, 5) is 22.5. The van der Waals surface area contributed by atoms with Crippen molar-refractivity contribution < 1.29 is 27.5 Å². The summed E-state index contributed by atoms with van der Waals surface area (Å²) in [6.45, 7) is 0. The second-order valence-electron chi connectivity index (χ2n) is 3.93. The van der Waals surface area contributed by atoms with Crippen LogP contribution < -0.4 is 0 Å². The first kappa shape index (κ1) is 15.2. The Bertz CT molecular complexity index is 449. The number of rotatable bonds is 5. The summed E-state index contributed by atoms with van der Waals surface area (Å²) >= 11 is 0. The van der Waals surface area contributed by atoms with Gasteiger partial charge in [-0.1, -0.05) is 12.1 Å². The maximum atomic E-state index is 12.3. The van der Waals surface area contributed by atoms with E-state index in [1.165, 1.54) is 7.11 Å². The van der Waals surface area contributed by atoms with E-state index >= 15 is 0 Å². The zero-order valence-corrected chi connectivity index (χ0v) is 10.3. The highest BCUT2D eigenvalue weighted by molar-refractivity contribution is 5.96. The highest BCUT2D eigenvalue weighted by Crippen LogP contribution is 2.29. The number of Topliss-reactive ketones (excluding diaryl/α,β-unsaturated/α-hetero) is 1. The van der Waals surface area contributed by atoms with Crippen LogP contribution in [0.2, 0.25) is 0 Å². The Morgan fingerprint density at radius 3 is 2.16 bits per heavy atom. The highest BCUT2D eigenvalue weighted by Gasteiger charge is 2.30. The number of halogens is 3. The molecule has 0 aliphatic carbocycles. The third-order valence-electron chi connectivity index (χ3n) is 2.55. The van der Waals surface area contributed by atoms with Gasteiger partial charge in [-0.3, -0.25) is 9.59 Å². The van der Waals surface area contributed by atoms with Crippen LogP contribution in [0.1, 0.15) is 35.2 Å². The number of hydrogen-bond acceptors (Lipinski definition) is 3. The molecule has 0 aromatic heterocycles. The molecule has 0 N–H and O–H groups in total. The third-order valence-corrected chi connectivity index (χ3v) is 2.55. The van der Waals surface area contributed by atoms with Crippen LogP contribution in [0.3, 0.4) is 0 Å². The molecule has 1 aromatic carbocycles. The van der Waals surface area contributed by atoms with Crippen molar-refractivity contribution in [3.8, 4) is 0 Å². The Hall–Kier alpha value is -1.85. The molecule has 0 spiro atoms. The van der Waals surface area contributed by atoms with Gasteiger partial charge in [0.15, 0.2) is 5.78 Å². The Morgan fingerprint density at radius 2 is 1.68 bits per heavy atom. The third kappa shape index (κ3) is 4.73. The summed E-state index contributed by atoms with van der Waals surface area (Å²) in [6.07, 6.45) is -3.89. The second kappa shape index (κ2) is 6.36. The molecule has 0 aliphatic rings. The standard InChI is InChI=1S/C13H13F3O3/c1-19-12(18)4-2-3-11(17)9-5-7-10(8-6-9)13(14,15)16/h5-8H,2-4H2,1H3. The Morgan fingerprint density at radius 1 is 1.11 bits per heavy atom. The molecule has 0 bridgehead atoms. The lowest BCUT2D eigenvalue weighted by Crippen LogP contribution is -2.07. The number of alkyl halides is 3. The summed E-state index contributed by atoms with van der Waals surface area (Å²) in [5, 5.41) is 0. The van der Waals surface area contributed by atoms with E-state index in [0.717, 1.165) is 24.3 Å². The van der Waals surface area contributed by atoms with E-state index in [1.54, 1.807) is 0 Å². The van der Waals surface area contributed by atoms with Gasteiger partial charge in [-0.2, -0.15) is 13.2 Å². The number of esters is 1. The quantitative estimate of drug-likeness (QED) is 0.611. The van der Waals surface area contributed by atoms with Crippen LogP contribution in [0.25, 0.3) is 0 Å². The summed E-state index contributed by atoms with van der Waals surface area (Å²) < 4.78 is 41.4. The lowest BCUT2D eigenvalue weighted by atomic mass is 10.0. The van der Waals surface area contributed by atoms with Crippen molar-refractivity contribution in [1.82, 2.24) is 0 Å². The molecule has 0 saturated heterocycles. The van der Waals surface area contributed by atoms with Crippen molar-refractivity contribution in [3.05, 3.63) is 35.4 Å². The van der Waals surface area contributed by atoms with E-state index in [2.05, 4.69) is 4.74 Å². The average molecular weight is 274 g/mol. The number of ether oxygens (including phenoxy) is 1. The average Bonchev–Trinajstić information content (AvgIpc) is 2.37. The van der Waals surface area contributed by atoms with Gasteiger partial charge in [-0.05, 0) is 18.6 Å². The van der Waals surface area contributed by atoms with E-state index in [-0.39, 0.29) is 24.2 Å². The van der Waals surface area contributed by atoms with Gasteiger partial charge in [0.1, 0.15) is 0 Å². The van der Waals surface area contributed by atoms with E-state index in [1.807, 2.05) is 0 Å². The molecule has 0 unspecified atom stereocenters. The first-order valence-electron chi connectivity index (χ1n) is 5.62. The predicted molar refractivity (Wildman–Crippen MR) is 61.6 cm³/mol. The van der Waals surface area contributed by atoms with E-state index in [0.29, 0.717) is 6.42 Å². The topological polar surface area (TPSA) is 43.4 Å². The zero-order chi connectivity index (χ0) is 14.5. The summed E-state index contributed by atoms with van der Waals surface area (Å²) in [5.74, 6) is -0.710. The predicted octanol–water partition coefficient (Wildman–Crippen LogP) is 3.23. The number of methoxy groups -OCH3 is 1. The molecule has 0 heterocycles. The SMILES string of the molecule is COC(=O)CCCC(=O)c1ccc(C(F)(F)F)cc1. The Kier molecular flexibility index (Phi) is 5.09. The number of benzene rings is 1. The molecule has 1 aromatic rings. The van der Waals surface area contributed by atoms with Crippen molar-refractivity contribution in [2.24, 2.45) is 0 Å². The maximum absolute atomic E-state index is 12.3. The fourth-order valence-corrected chi connectivity index (χ4v) is 1.48. The number of carbonyl (C=O) groups excluding carboxylic acids is 2. The molecule has 0 radical (unpaired) electrons. The maximum Gasteiger partial charge on any atom is 0.416 e. The fraction of sp³-hybridized carbons (Fsp3) is 0.385. The second-order valence-corrected chi connectivity index (χ2v) is 3.93. The van der Waals surface area contributed by atoms with Gasteiger partial charge in [0.25, 0.3) is 0 Å². The molecule has 3 nitrogen and oxygen atoms in total. The van der Waals surface area contributed by atoms with Gasteiger partial charge in [-0.15, -0.1) is 0 Å². The zero-order valence-electron chi connectivity index (χ0n) is 10.3. The van der Waals surface area contributed by atoms with Crippen LogP contribution in [0, 0.1) is 0 Å². The van der Waals surface area contributed by atoms with Crippen LogP contribution in [-0.2, 0) is 15.7 Å². The minimum absolute atomic E-state index is 0.0977. The van der Waals surface area contributed by atoms with E-state index in [9.17, 15) is 22.8 Å². The molecule has 1 rings (SSSR count). The normalized spacial score (nSPS) is 11.2.